The molecule has 6 nitrogen and oxygen atoms in total. The van der Waals surface area contributed by atoms with E-state index in [1.54, 1.807) is 0 Å². The maximum Gasteiger partial charge on any atom is 0.227 e. The van der Waals surface area contributed by atoms with Crippen LogP contribution in [-0.4, -0.2) is 59.3 Å². The Morgan fingerprint density at radius 3 is 2.41 bits per heavy atom. The molecule has 1 aliphatic rings. The van der Waals surface area contributed by atoms with Gasteiger partial charge in [0, 0.05) is 44.7 Å². The molecular weight excluding hydrogens is 338 g/mol. The highest BCUT2D eigenvalue weighted by molar-refractivity contribution is 5.90. The van der Waals surface area contributed by atoms with Crippen molar-refractivity contribution < 1.29 is 5.11 Å². The number of nitrogens with one attached hydrogen (secondary N) is 1. The predicted octanol–water partition coefficient (Wildman–Crippen LogP) is 2.36. The van der Waals surface area contributed by atoms with E-state index in [-0.39, 0.29) is 6.61 Å². The second-order valence-corrected chi connectivity index (χ2v) is 6.78. The molecule has 0 aliphatic carbocycles. The minimum absolute atomic E-state index is 0.208. The number of aromatic nitrogens is 2. The molecule has 6 heteroatoms. The van der Waals surface area contributed by atoms with E-state index in [2.05, 4.69) is 33.3 Å². The van der Waals surface area contributed by atoms with E-state index in [4.69, 9.17) is 15.1 Å². The van der Waals surface area contributed by atoms with Crippen LogP contribution in [0.15, 0.2) is 54.6 Å². The summed E-state index contributed by atoms with van der Waals surface area (Å²) in [7, 11) is 0. The lowest BCUT2D eigenvalue weighted by Crippen LogP contribution is -2.47. The number of nitrogens with zero attached hydrogens (tertiary/aromatic N) is 4. The molecule has 27 heavy (non-hydrogen) atoms. The summed E-state index contributed by atoms with van der Waals surface area (Å²) in [6.45, 7) is 5.25. The molecule has 0 saturated carbocycles. The van der Waals surface area contributed by atoms with Gasteiger partial charge in [-0.25, -0.2) is 4.98 Å². The van der Waals surface area contributed by atoms with E-state index in [0.29, 0.717) is 0 Å². The van der Waals surface area contributed by atoms with Crippen molar-refractivity contribution in [2.75, 3.05) is 49.5 Å². The number of anilines is 2. The van der Waals surface area contributed by atoms with Crippen molar-refractivity contribution in [1.29, 1.82) is 0 Å². The molecule has 0 atom stereocenters. The third-order valence-corrected chi connectivity index (χ3v) is 4.97. The van der Waals surface area contributed by atoms with Gasteiger partial charge in [0.1, 0.15) is 5.82 Å². The van der Waals surface area contributed by atoms with Gasteiger partial charge < -0.3 is 15.3 Å². The fraction of sp³-hybridized carbons (Fsp3) is 0.333. The fourth-order valence-corrected chi connectivity index (χ4v) is 3.44. The molecule has 3 aromatic rings. The summed E-state index contributed by atoms with van der Waals surface area (Å²) >= 11 is 0. The third-order valence-electron chi connectivity index (χ3n) is 4.97. The van der Waals surface area contributed by atoms with E-state index >= 15 is 0 Å². The van der Waals surface area contributed by atoms with Gasteiger partial charge in [0.05, 0.1) is 12.1 Å². The first kappa shape index (κ1) is 17.7. The molecule has 140 valence electrons. The van der Waals surface area contributed by atoms with E-state index in [9.17, 15) is 0 Å². The highest BCUT2D eigenvalue weighted by atomic mass is 16.3. The van der Waals surface area contributed by atoms with Crippen molar-refractivity contribution in [3.63, 3.8) is 0 Å². The molecular formula is C21H25N5O. The van der Waals surface area contributed by atoms with E-state index in [1.165, 1.54) is 5.56 Å². The zero-order valence-corrected chi connectivity index (χ0v) is 15.4. The number of aliphatic hydroxyl groups excluding tert-OH is 1. The standard InChI is InChI=1S/C21H25N5O/c27-15-14-25-10-12-26(13-11-25)21-23-19-9-5-4-8-18(19)20(24-21)22-16-17-6-2-1-3-7-17/h1-9,27H,10-16H2,(H,22,23,24). The highest BCUT2D eigenvalue weighted by Crippen LogP contribution is 2.24. The van der Waals surface area contributed by atoms with Gasteiger partial charge in [-0.2, -0.15) is 4.98 Å². The Labute approximate surface area is 159 Å². The average Bonchev–Trinajstić information content (AvgIpc) is 2.73. The quantitative estimate of drug-likeness (QED) is 0.701. The van der Waals surface area contributed by atoms with E-state index < -0.39 is 0 Å². The Morgan fingerprint density at radius 1 is 0.889 bits per heavy atom. The molecule has 2 aromatic carbocycles. The first-order valence-electron chi connectivity index (χ1n) is 9.46. The van der Waals surface area contributed by atoms with Crippen LogP contribution in [0.5, 0.6) is 0 Å². The Bertz CT molecular complexity index is 878. The topological polar surface area (TPSA) is 64.5 Å². The number of para-hydroxylation sites is 1. The molecule has 0 radical (unpaired) electrons. The smallest absolute Gasteiger partial charge is 0.227 e. The van der Waals surface area contributed by atoms with Crippen LogP contribution in [0, 0.1) is 0 Å². The van der Waals surface area contributed by atoms with Crippen molar-refractivity contribution in [3.05, 3.63) is 60.2 Å². The van der Waals surface area contributed by atoms with Gasteiger partial charge in [-0.3, -0.25) is 4.90 Å². The zero-order valence-electron chi connectivity index (χ0n) is 15.4. The molecule has 1 fully saturated rings. The number of hydrogen-bond donors (Lipinski definition) is 2. The van der Waals surface area contributed by atoms with Gasteiger partial charge >= 0.3 is 0 Å². The van der Waals surface area contributed by atoms with E-state index in [1.807, 2.05) is 36.4 Å². The van der Waals surface area contributed by atoms with Crippen molar-refractivity contribution >= 4 is 22.7 Å². The number of β-amino-alcohol motifs (C(OH)–C–C–N with tert-alkyl or cyclic N) is 1. The minimum atomic E-state index is 0.208. The minimum Gasteiger partial charge on any atom is -0.395 e. The van der Waals surface area contributed by atoms with Crippen LogP contribution in [0.4, 0.5) is 11.8 Å². The van der Waals surface area contributed by atoms with Crippen LogP contribution >= 0.6 is 0 Å². The number of piperazine rings is 1. The van der Waals surface area contributed by atoms with Gasteiger partial charge in [-0.1, -0.05) is 42.5 Å². The molecule has 0 bridgehead atoms. The van der Waals surface area contributed by atoms with Crippen molar-refractivity contribution in [2.24, 2.45) is 0 Å². The summed E-state index contributed by atoms with van der Waals surface area (Å²) < 4.78 is 0. The second-order valence-electron chi connectivity index (χ2n) is 6.78. The Morgan fingerprint density at radius 2 is 1.63 bits per heavy atom. The van der Waals surface area contributed by atoms with Crippen molar-refractivity contribution in [1.82, 2.24) is 14.9 Å². The molecule has 2 N–H and O–H groups in total. The average molecular weight is 363 g/mol. The first-order chi connectivity index (χ1) is 13.3. The van der Waals surface area contributed by atoms with Gasteiger partial charge in [0.15, 0.2) is 0 Å². The fourth-order valence-electron chi connectivity index (χ4n) is 3.44. The second kappa shape index (κ2) is 8.33. The van der Waals surface area contributed by atoms with Crippen LogP contribution in [0.3, 0.4) is 0 Å². The molecule has 0 amide bonds. The van der Waals surface area contributed by atoms with E-state index in [0.717, 1.165) is 61.9 Å². The lowest BCUT2D eigenvalue weighted by molar-refractivity contribution is 0.188. The summed E-state index contributed by atoms with van der Waals surface area (Å²) in [5, 5.41) is 13.7. The van der Waals surface area contributed by atoms with Crippen LogP contribution in [0.2, 0.25) is 0 Å². The van der Waals surface area contributed by atoms with Crippen LogP contribution < -0.4 is 10.2 Å². The lowest BCUT2D eigenvalue weighted by Gasteiger charge is -2.34. The van der Waals surface area contributed by atoms with Crippen LogP contribution in [-0.2, 0) is 6.54 Å². The Balaban J connectivity index is 1.57. The number of fused-ring (bicyclic) bond motifs is 1. The van der Waals surface area contributed by atoms with Crippen LogP contribution in [0.1, 0.15) is 5.56 Å². The number of hydrogen-bond acceptors (Lipinski definition) is 6. The largest absolute Gasteiger partial charge is 0.395 e. The summed E-state index contributed by atoms with van der Waals surface area (Å²) in [5.74, 6) is 1.64. The highest BCUT2D eigenvalue weighted by Gasteiger charge is 2.20. The predicted molar refractivity (Wildman–Crippen MR) is 109 cm³/mol. The molecule has 1 aromatic heterocycles. The SMILES string of the molecule is OCCN1CCN(c2nc(NCc3ccccc3)c3ccccc3n2)CC1. The van der Waals surface area contributed by atoms with Crippen molar-refractivity contribution in [2.45, 2.75) is 6.54 Å². The lowest BCUT2D eigenvalue weighted by atomic mass is 10.2. The van der Waals surface area contributed by atoms with Gasteiger partial charge in [-0.15, -0.1) is 0 Å². The first-order valence-corrected chi connectivity index (χ1v) is 9.46. The number of rotatable bonds is 6. The monoisotopic (exact) mass is 363 g/mol. The zero-order chi connectivity index (χ0) is 18.5. The molecule has 1 aliphatic heterocycles. The van der Waals surface area contributed by atoms with Gasteiger partial charge in [0.2, 0.25) is 5.95 Å². The third kappa shape index (κ3) is 4.18. The summed E-state index contributed by atoms with van der Waals surface area (Å²) in [4.78, 5) is 14.1. The summed E-state index contributed by atoms with van der Waals surface area (Å²) in [6, 6.07) is 18.5. The summed E-state index contributed by atoms with van der Waals surface area (Å²) in [5.41, 5.74) is 2.18. The Hall–Kier alpha value is -2.70. The van der Waals surface area contributed by atoms with Gasteiger partial charge in [0.25, 0.3) is 0 Å². The maximum atomic E-state index is 9.12. The normalized spacial score (nSPS) is 15.2. The summed E-state index contributed by atoms with van der Waals surface area (Å²) in [6.07, 6.45) is 0. The van der Waals surface area contributed by atoms with Crippen molar-refractivity contribution in [3.8, 4) is 0 Å². The van der Waals surface area contributed by atoms with Crippen LogP contribution in [0.25, 0.3) is 10.9 Å². The molecule has 0 unspecified atom stereocenters. The molecule has 2 heterocycles. The van der Waals surface area contributed by atoms with Gasteiger partial charge in [-0.05, 0) is 17.7 Å². The number of benzene rings is 2. The number of aliphatic hydroxyl groups is 1. The molecule has 1 saturated heterocycles. The molecule has 4 rings (SSSR count). The molecule has 0 spiro atoms. The Kier molecular flexibility index (Phi) is 5.46. The maximum absolute atomic E-state index is 9.12.